The number of hydrogen-bond acceptors (Lipinski definition) is 3. The maximum absolute atomic E-state index is 12.4. The van der Waals surface area contributed by atoms with E-state index in [1.807, 2.05) is 30.3 Å². The first-order valence-electron chi connectivity index (χ1n) is 7.70. The summed E-state index contributed by atoms with van der Waals surface area (Å²) in [5, 5.41) is 19.0. The maximum Gasteiger partial charge on any atom is 0.308 e. The van der Waals surface area contributed by atoms with Gasteiger partial charge in [0.25, 0.3) is 5.91 Å². The van der Waals surface area contributed by atoms with E-state index in [0.29, 0.717) is 11.6 Å². The lowest BCUT2D eigenvalue weighted by Gasteiger charge is -2.22. The number of carbonyl (C=O) groups is 2. The van der Waals surface area contributed by atoms with Crippen molar-refractivity contribution in [2.45, 2.75) is 31.7 Å². The minimum Gasteiger partial charge on any atom is -0.481 e. The van der Waals surface area contributed by atoms with Crippen molar-refractivity contribution in [1.29, 1.82) is 0 Å². The van der Waals surface area contributed by atoms with E-state index in [4.69, 9.17) is 0 Å². The summed E-state index contributed by atoms with van der Waals surface area (Å²) in [6, 6.07) is 10.3. The summed E-state index contributed by atoms with van der Waals surface area (Å²) < 4.78 is 0. The van der Waals surface area contributed by atoms with Crippen molar-refractivity contribution < 1.29 is 14.7 Å². The topological polar surface area (TPSA) is 95.1 Å². The van der Waals surface area contributed by atoms with Gasteiger partial charge in [-0.2, -0.15) is 5.10 Å². The molecule has 6 nitrogen and oxygen atoms in total. The Morgan fingerprint density at radius 2 is 2.00 bits per heavy atom. The Bertz CT molecular complexity index is 707. The van der Waals surface area contributed by atoms with Crippen LogP contribution in [0.1, 0.15) is 53.5 Å². The second-order valence-electron chi connectivity index (χ2n) is 5.97. The Morgan fingerprint density at radius 1 is 1.30 bits per heavy atom. The van der Waals surface area contributed by atoms with Crippen molar-refractivity contribution in [2.24, 2.45) is 5.92 Å². The predicted molar refractivity (Wildman–Crippen MR) is 84.0 cm³/mol. The fraction of sp³-hybridized carbons (Fsp3) is 0.353. The zero-order valence-electron chi connectivity index (χ0n) is 12.8. The summed E-state index contributed by atoms with van der Waals surface area (Å²) in [5.41, 5.74) is 2.02. The van der Waals surface area contributed by atoms with Gasteiger partial charge in [-0.3, -0.25) is 14.7 Å². The molecule has 1 aliphatic carbocycles. The molecule has 2 unspecified atom stereocenters. The van der Waals surface area contributed by atoms with E-state index < -0.39 is 17.9 Å². The number of carboxylic acid groups (broad SMARTS) is 1. The fourth-order valence-electron chi connectivity index (χ4n) is 2.57. The van der Waals surface area contributed by atoms with Crippen LogP contribution in [0.15, 0.2) is 36.4 Å². The van der Waals surface area contributed by atoms with Crippen LogP contribution in [0, 0.1) is 5.92 Å². The van der Waals surface area contributed by atoms with E-state index >= 15 is 0 Å². The molecule has 23 heavy (non-hydrogen) atoms. The van der Waals surface area contributed by atoms with Crippen LogP contribution in [0.5, 0.6) is 0 Å². The molecule has 1 amide bonds. The van der Waals surface area contributed by atoms with Gasteiger partial charge in [0.2, 0.25) is 0 Å². The minimum absolute atomic E-state index is 0.297. The summed E-state index contributed by atoms with van der Waals surface area (Å²) in [4.78, 5) is 23.8. The van der Waals surface area contributed by atoms with E-state index in [1.54, 1.807) is 13.0 Å². The van der Waals surface area contributed by atoms with E-state index in [-0.39, 0.29) is 5.91 Å². The number of aliphatic carboxylic acids is 1. The predicted octanol–water partition coefficient (Wildman–Crippen LogP) is 2.48. The van der Waals surface area contributed by atoms with Crippen LogP contribution in [0.2, 0.25) is 0 Å². The van der Waals surface area contributed by atoms with Crippen LogP contribution in [-0.4, -0.2) is 27.2 Å². The smallest absolute Gasteiger partial charge is 0.308 e. The molecule has 1 aromatic heterocycles. The van der Waals surface area contributed by atoms with E-state index in [0.717, 1.165) is 24.1 Å². The Hall–Kier alpha value is -2.63. The van der Waals surface area contributed by atoms with E-state index in [2.05, 4.69) is 15.5 Å². The number of carboxylic acids is 1. The van der Waals surface area contributed by atoms with Gasteiger partial charge in [0.15, 0.2) is 0 Å². The van der Waals surface area contributed by atoms with Crippen LogP contribution in [0.25, 0.3) is 0 Å². The molecule has 0 radical (unpaired) electrons. The maximum atomic E-state index is 12.4. The SMILES string of the molecule is CC(C(=O)O)C(NC(=O)c1cc(C2CC2)[nH]n1)c1ccccc1. The number of H-pyrrole nitrogens is 1. The Morgan fingerprint density at radius 3 is 2.61 bits per heavy atom. The summed E-state index contributed by atoms with van der Waals surface area (Å²) in [6.07, 6.45) is 2.23. The molecule has 3 rings (SSSR count). The first-order chi connectivity index (χ1) is 11.1. The first kappa shape index (κ1) is 15.3. The van der Waals surface area contributed by atoms with Crippen molar-refractivity contribution in [2.75, 3.05) is 0 Å². The molecule has 0 saturated heterocycles. The third kappa shape index (κ3) is 3.41. The standard InChI is InChI=1S/C17H19N3O3/c1-10(17(22)23)15(12-5-3-2-4-6-12)18-16(21)14-9-13(19-20-14)11-7-8-11/h2-6,9-11,15H,7-8H2,1H3,(H,18,21)(H,19,20)(H,22,23). The number of benzene rings is 1. The number of aromatic amines is 1. The van der Waals surface area contributed by atoms with Crippen molar-refractivity contribution in [3.63, 3.8) is 0 Å². The van der Waals surface area contributed by atoms with Gasteiger partial charge in [-0.1, -0.05) is 30.3 Å². The number of rotatable bonds is 6. The van der Waals surface area contributed by atoms with E-state index in [9.17, 15) is 14.7 Å². The molecule has 3 N–H and O–H groups in total. The molecule has 2 atom stereocenters. The van der Waals surface area contributed by atoms with Crippen LogP contribution in [-0.2, 0) is 4.79 Å². The van der Waals surface area contributed by atoms with Crippen LogP contribution in [0.3, 0.4) is 0 Å². The molecule has 1 aromatic carbocycles. The zero-order chi connectivity index (χ0) is 16.4. The molecule has 0 spiro atoms. The fourth-order valence-corrected chi connectivity index (χ4v) is 2.57. The highest BCUT2D eigenvalue weighted by atomic mass is 16.4. The van der Waals surface area contributed by atoms with Crippen LogP contribution < -0.4 is 5.32 Å². The normalized spacial score (nSPS) is 16.6. The first-order valence-corrected chi connectivity index (χ1v) is 7.70. The minimum atomic E-state index is -0.958. The third-order valence-corrected chi connectivity index (χ3v) is 4.18. The van der Waals surface area contributed by atoms with Gasteiger partial charge < -0.3 is 10.4 Å². The van der Waals surface area contributed by atoms with Crippen LogP contribution >= 0.6 is 0 Å². The van der Waals surface area contributed by atoms with E-state index in [1.165, 1.54) is 0 Å². The summed E-state index contributed by atoms with van der Waals surface area (Å²) in [5.74, 6) is -1.59. The van der Waals surface area contributed by atoms with Crippen molar-refractivity contribution in [3.05, 3.63) is 53.3 Å². The number of nitrogens with one attached hydrogen (secondary N) is 2. The highest BCUT2D eigenvalue weighted by molar-refractivity contribution is 5.93. The lowest BCUT2D eigenvalue weighted by molar-refractivity contribution is -0.142. The summed E-state index contributed by atoms with van der Waals surface area (Å²) >= 11 is 0. The number of nitrogens with zero attached hydrogens (tertiary/aromatic N) is 1. The Kier molecular flexibility index (Phi) is 4.14. The van der Waals surface area contributed by atoms with Gasteiger partial charge in [-0.05, 0) is 31.4 Å². The quantitative estimate of drug-likeness (QED) is 0.763. The van der Waals surface area contributed by atoms with Gasteiger partial charge in [0.1, 0.15) is 5.69 Å². The molecule has 6 heteroatoms. The number of aromatic nitrogens is 2. The highest BCUT2D eigenvalue weighted by Crippen LogP contribution is 2.39. The average Bonchev–Trinajstić information content (AvgIpc) is 3.29. The Labute approximate surface area is 133 Å². The zero-order valence-corrected chi connectivity index (χ0v) is 12.8. The third-order valence-electron chi connectivity index (χ3n) is 4.18. The molecule has 1 saturated carbocycles. The molecule has 120 valence electrons. The Balaban J connectivity index is 1.79. The lowest BCUT2D eigenvalue weighted by atomic mass is 9.94. The molecule has 1 fully saturated rings. The monoisotopic (exact) mass is 313 g/mol. The van der Waals surface area contributed by atoms with Gasteiger partial charge in [0, 0.05) is 11.6 Å². The number of amides is 1. The lowest BCUT2D eigenvalue weighted by Crippen LogP contribution is -2.35. The summed E-state index contributed by atoms with van der Waals surface area (Å²) in [6.45, 7) is 1.58. The molecule has 1 aliphatic rings. The largest absolute Gasteiger partial charge is 0.481 e. The van der Waals surface area contributed by atoms with Crippen molar-refractivity contribution in [1.82, 2.24) is 15.5 Å². The number of carbonyl (C=O) groups excluding carboxylic acids is 1. The van der Waals surface area contributed by atoms with Gasteiger partial charge in [-0.15, -0.1) is 0 Å². The van der Waals surface area contributed by atoms with Gasteiger partial charge in [0.05, 0.1) is 12.0 Å². The molecular formula is C17H19N3O3. The highest BCUT2D eigenvalue weighted by Gasteiger charge is 2.29. The molecule has 2 aromatic rings. The second kappa shape index (κ2) is 6.24. The molecule has 1 heterocycles. The van der Waals surface area contributed by atoms with Gasteiger partial charge >= 0.3 is 5.97 Å². The molecule has 0 bridgehead atoms. The second-order valence-corrected chi connectivity index (χ2v) is 5.97. The van der Waals surface area contributed by atoms with Gasteiger partial charge in [-0.25, -0.2) is 0 Å². The molecular weight excluding hydrogens is 294 g/mol. The van der Waals surface area contributed by atoms with Crippen molar-refractivity contribution in [3.8, 4) is 0 Å². The van der Waals surface area contributed by atoms with Crippen LogP contribution in [0.4, 0.5) is 0 Å². The van der Waals surface area contributed by atoms with Crippen molar-refractivity contribution >= 4 is 11.9 Å². The number of hydrogen-bond donors (Lipinski definition) is 3. The average molecular weight is 313 g/mol. The summed E-state index contributed by atoms with van der Waals surface area (Å²) in [7, 11) is 0. The molecule has 0 aliphatic heterocycles.